The van der Waals surface area contributed by atoms with Gasteiger partial charge in [0.15, 0.2) is 11.5 Å². The summed E-state index contributed by atoms with van der Waals surface area (Å²) in [6, 6.07) is 6.54. The molecule has 0 aliphatic heterocycles. The molecule has 0 aliphatic rings. The number of aromatic nitrogens is 2. The van der Waals surface area contributed by atoms with Crippen LogP contribution in [0.5, 0.6) is 11.5 Å². The van der Waals surface area contributed by atoms with E-state index in [1.807, 2.05) is 0 Å². The maximum Gasteiger partial charge on any atom is 0.296 e. The van der Waals surface area contributed by atoms with Crippen molar-refractivity contribution in [3.05, 3.63) is 30.3 Å². The highest BCUT2D eigenvalue weighted by atomic mass is 32.2. The molecule has 8 heteroatoms. The van der Waals surface area contributed by atoms with Gasteiger partial charge in [-0.1, -0.05) is 6.07 Å². The molecule has 20 heavy (non-hydrogen) atoms. The van der Waals surface area contributed by atoms with Gasteiger partial charge in [-0.25, -0.2) is 9.97 Å². The van der Waals surface area contributed by atoms with Crippen LogP contribution in [0.15, 0.2) is 35.2 Å². The van der Waals surface area contributed by atoms with Crippen LogP contribution in [0.4, 0.5) is 0 Å². The van der Waals surface area contributed by atoms with Crippen LogP contribution >= 0.6 is 0 Å². The maximum absolute atomic E-state index is 11.3. The van der Waals surface area contributed by atoms with Crippen molar-refractivity contribution in [1.82, 2.24) is 9.97 Å². The summed E-state index contributed by atoms with van der Waals surface area (Å²) in [6.07, 6.45) is 0. The van der Waals surface area contributed by atoms with Crippen molar-refractivity contribution in [1.29, 1.82) is 0 Å². The standard InChI is InChI=1S/C12H8N2O5S/c15-9-4-7-8(5-10(9)16)14-12-6(13-7)2-1-3-11(12)20(17,18)19/h1-5,15-16H,(H,17,18,19). The molecule has 3 N–H and O–H groups in total. The fourth-order valence-electron chi connectivity index (χ4n) is 1.91. The molecule has 2 aromatic carbocycles. The molecular formula is C12H8N2O5S. The van der Waals surface area contributed by atoms with E-state index in [2.05, 4.69) is 9.97 Å². The zero-order valence-corrected chi connectivity index (χ0v) is 10.7. The zero-order valence-electron chi connectivity index (χ0n) is 9.85. The third-order valence-electron chi connectivity index (χ3n) is 2.80. The summed E-state index contributed by atoms with van der Waals surface area (Å²) in [6.45, 7) is 0. The van der Waals surface area contributed by atoms with Crippen molar-refractivity contribution in [3.8, 4) is 11.5 Å². The van der Waals surface area contributed by atoms with E-state index in [0.717, 1.165) is 6.07 Å². The van der Waals surface area contributed by atoms with Crippen LogP contribution in [0.3, 0.4) is 0 Å². The highest BCUT2D eigenvalue weighted by molar-refractivity contribution is 7.86. The first kappa shape index (κ1) is 12.6. The highest BCUT2D eigenvalue weighted by Gasteiger charge is 2.16. The fourth-order valence-corrected chi connectivity index (χ4v) is 2.55. The lowest BCUT2D eigenvalue weighted by atomic mass is 10.2. The summed E-state index contributed by atoms with van der Waals surface area (Å²) in [5.41, 5.74) is 0.731. The lowest BCUT2D eigenvalue weighted by Crippen LogP contribution is -2.01. The Balaban J connectivity index is 2.49. The molecule has 1 aromatic heterocycles. The molecule has 0 spiro atoms. The number of nitrogens with zero attached hydrogens (tertiary/aromatic N) is 2. The van der Waals surface area contributed by atoms with E-state index in [-0.39, 0.29) is 27.2 Å². The second-order valence-electron chi connectivity index (χ2n) is 4.15. The number of rotatable bonds is 1. The minimum absolute atomic E-state index is 0.00686. The van der Waals surface area contributed by atoms with Gasteiger partial charge in [0.05, 0.1) is 16.6 Å². The van der Waals surface area contributed by atoms with Crippen LogP contribution in [-0.2, 0) is 10.1 Å². The monoisotopic (exact) mass is 292 g/mol. The molecule has 3 rings (SSSR count). The third-order valence-corrected chi connectivity index (χ3v) is 3.69. The Morgan fingerprint density at radius 3 is 2.10 bits per heavy atom. The smallest absolute Gasteiger partial charge is 0.296 e. The molecule has 0 atom stereocenters. The fraction of sp³-hybridized carbons (Fsp3) is 0. The molecule has 0 bridgehead atoms. The van der Waals surface area contributed by atoms with Gasteiger partial charge in [0.1, 0.15) is 10.4 Å². The number of phenols is 2. The number of fused-ring (bicyclic) bond motifs is 2. The van der Waals surface area contributed by atoms with Crippen molar-refractivity contribution in [2.45, 2.75) is 4.90 Å². The summed E-state index contributed by atoms with van der Waals surface area (Å²) in [5.74, 6) is -0.743. The Hall–Kier alpha value is -2.45. The minimum atomic E-state index is -4.43. The van der Waals surface area contributed by atoms with Crippen LogP contribution < -0.4 is 0 Å². The molecule has 1 heterocycles. The first-order valence-electron chi connectivity index (χ1n) is 5.46. The van der Waals surface area contributed by atoms with Gasteiger partial charge < -0.3 is 10.2 Å². The SMILES string of the molecule is O=S(=O)(O)c1cccc2nc3cc(O)c(O)cc3nc12. The Labute approximate surface area is 112 Å². The van der Waals surface area contributed by atoms with Crippen LogP contribution in [-0.4, -0.2) is 33.2 Å². The molecule has 7 nitrogen and oxygen atoms in total. The van der Waals surface area contributed by atoms with E-state index in [1.165, 1.54) is 24.3 Å². The largest absolute Gasteiger partial charge is 0.504 e. The molecule has 0 aliphatic carbocycles. The summed E-state index contributed by atoms with van der Waals surface area (Å²) < 4.78 is 31.8. The predicted molar refractivity (Wildman–Crippen MR) is 70.2 cm³/mol. The second kappa shape index (κ2) is 4.02. The average molecular weight is 292 g/mol. The second-order valence-corrected chi connectivity index (χ2v) is 5.54. The first-order valence-corrected chi connectivity index (χ1v) is 6.90. The van der Waals surface area contributed by atoms with Gasteiger partial charge in [0.2, 0.25) is 0 Å². The molecule has 0 unspecified atom stereocenters. The van der Waals surface area contributed by atoms with Crippen LogP contribution in [0.2, 0.25) is 0 Å². The molecule has 0 saturated heterocycles. The van der Waals surface area contributed by atoms with Crippen LogP contribution in [0.1, 0.15) is 0 Å². The van der Waals surface area contributed by atoms with Gasteiger partial charge in [-0.2, -0.15) is 8.42 Å². The Morgan fingerprint density at radius 1 is 0.900 bits per heavy atom. The van der Waals surface area contributed by atoms with Crippen molar-refractivity contribution >= 4 is 32.2 Å². The quantitative estimate of drug-likeness (QED) is 0.352. The topological polar surface area (TPSA) is 121 Å². The molecule has 102 valence electrons. The van der Waals surface area contributed by atoms with E-state index in [9.17, 15) is 23.2 Å². The highest BCUT2D eigenvalue weighted by Crippen LogP contribution is 2.30. The molecule has 3 aromatic rings. The Morgan fingerprint density at radius 2 is 1.50 bits per heavy atom. The molecule has 0 radical (unpaired) electrons. The minimum Gasteiger partial charge on any atom is -0.504 e. The van der Waals surface area contributed by atoms with Crippen molar-refractivity contribution in [2.75, 3.05) is 0 Å². The Bertz CT molecular complexity index is 953. The van der Waals surface area contributed by atoms with Gasteiger partial charge in [0, 0.05) is 12.1 Å². The maximum atomic E-state index is 11.3. The predicted octanol–water partition coefficient (Wildman–Crippen LogP) is 1.44. The van der Waals surface area contributed by atoms with Crippen molar-refractivity contribution in [3.63, 3.8) is 0 Å². The number of phenolic OH excluding ortho intramolecular Hbond substituents is 2. The van der Waals surface area contributed by atoms with Crippen LogP contribution in [0.25, 0.3) is 22.1 Å². The number of hydrogen-bond donors (Lipinski definition) is 3. The van der Waals surface area contributed by atoms with Crippen molar-refractivity contribution in [2.24, 2.45) is 0 Å². The lowest BCUT2D eigenvalue weighted by molar-refractivity contribution is 0.404. The summed E-state index contributed by atoms with van der Waals surface area (Å²) in [4.78, 5) is 7.85. The Kier molecular flexibility index (Phi) is 2.53. The lowest BCUT2D eigenvalue weighted by Gasteiger charge is -2.05. The number of benzene rings is 2. The van der Waals surface area contributed by atoms with E-state index >= 15 is 0 Å². The molecule has 0 fully saturated rings. The summed E-state index contributed by atoms with van der Waals surface area (Å²) >= 11 is 0. The zero-order chi connectivity index (χ0) is 14.5. The van der Waals surface area contributed by atoms with Gasteiger partial charge in [-0.3, -0.25) is 4.55 Å². The first-order chi connectivity index (χ1) is 9.36. The van der Waals surface area contributed by atoms with Gasteiger partial charge in [0.25, 0.3) is 10.1 Å². The molecule has 0 amide bonds. The van der Waals surface area contributed by atoms with Gasteiger partial charge >= 0.3 is 0 Å². The average Bonchev–Trinajstić information content (AvgIpc) is 2.36. The van der Waals surface area contributed by atoms with Crippen LogP contribution in [0, 0.1) is 0 Å². The number of aromatic hydroxyl groups is 2. The van der Waals surface area contributed by atoms with Crippen molar-refractivity contribution < 1.29 is 23.2 Å². The normalized spacial score (nSPS) is 12.1. The summed E-state index contributed by atoms with van der Waals surface area (Å²) in [5, 5.41) is 18.9. The third kappa shape index (κ3) is 1.91. The van der Waals surface area contributed by atoms with E-state index < -0.39 is 15.9 Å². The van der Waals surface area contributed by atoms with Gasteiger partial charge in [-0.15, -0.1) is 0 Å². The van der Waals surface area contributed by atoms with E-state index in [1.54, 1.807) is 0 Å². The molecule has 0 saturated carbocycles. The molecular weight excluding hydrogens is 284 g/mol. The number of hydrogen-bond acceptors (Lipinski definition) is 6. The number of para-hydroxylation sites is 1. The van der Waals surface area contributed by atoms with Gasteiger partial charge in [-0.05, 0) is 12.1 Å². The van der Waals surface area contributed by atoms with E-state index in [0.29, 0.717) is 5.52 Å². The summed E-state index contributed by atoms with van der Waals surface area (Å²) in [7, 11) is -4.43. The van der Waals surface area contributed by atoms with E-state index in [4.69, 9.17) is 0 Å².